The quantitative estimate of drug-likeness (QED) is 0.711. The molecule has 0 unspecified atom stereocenters. The van der Waals surface area contributed by atoms with Crippen LogP contribution in [0.25, 0.3) is 0 Å². The largest absolute Gasteiger partial charge is 0.295 e. The Balaban J connectivity index is 1.78. The number of benzene rings is 2. The van der Waals surface area contributed by atoms with Gasteiger partial charge in [-0.2, -0.15) is 0 Å². The summed E-state index contributed by atoms with van der Waals surface area (Å²) in [5.41, 5.74) is 5.38. The second kappa shape index (κ2) is 5.06. The Hall–Kier alpha value is -2.04. The molecule has 4 rings (SSSR count). The number of terminal acetylenes is 1. The van der Waals surface area contributed by atoms with E-state index < -0.39 is 0 Å². The van der Waals surface area contributed by atoms with Crippen molar-refractivity contribution in [1.82, 2.24) is 4.90 Å². The second-order valence-corrected chi connectivity index (χ2v) is 6.10. The topological polar surface area (TPSA) is 3.24 Å². The fraction of sp³-hybridized carbons (Fsp3) is 0.300. The maximum absolute atomic E-state index is 5.47. The molecule has 0 aromatic heterocycles. The van der Waals surface area contributed by atoms with Crippen molar-refractivity contribution in [1.29, 1.82) is 0 Å². The van der Waals surface area contributed by atoms with Crippen LogP contribution >= 0.6 is 0 Å². The number of nitrogens with zero attached hydrogens (tertiary/aromatic N) is 1. The second-order valence-electron chi connectivity index (χ2n) is 6.10. The van der Waals surface area contributed by atoms with E-state index in [2.05, 4.69) is 59.4 Å². The summed E-state index contributed by atoms with van der Waals surface area (Å²) in [7, 11) is 0. The summed E-state index contributed by atoms with van der Waals surface area (Å²) < 4.78 is 0. The van der Waals surface area contributed by atoms with E-state index in [4.69, 9.17) is 6.42 Å². The molecule has 0 saturated carbocycles. The van der Waals surface area contributed by atoms with E-state index >= 15 is 0 Å². The van der Waals surface area contributed by atoms with Gasteiger partial charge in [-0.1, -0.05) is 42.3 Å². The molecule has 0 amide bonds. The van der Waals surface area contributed by atoms with Gasteiger partial charge >= 0.3 is 0 Å². The van der Waals surface area contributed by atoms with Crippen LogP contribution in [0.15, 0.2) is 48.5 Å². The molecule has 0 aliphatic carbocycles. The van der Waals surface area contributed by atoms with Gasteiger partial charge in [-0.25, -0.2) is 0 Å². The highest BCUT2D eigenvalue weighted by Crippen LogP contribution is 2.43. The molecular formula is C20H19N. The predicted molar refractivity (Wildman–Crippen MR) is 86.2 cm³/mol. The summed E-state index contributed by atoms with van der Waals surface area (Å²) in [4.78, 5) is 2.65. The van der Waals surface area contributed by atoms with Crippen LogP contribution in [0.2, 0.25) is 0 Å². The first-order valence-electron chi connectivity index (χ1n) is 7.76. The van der Waals surface area contributed by atoms with E-state index in [1.165, 1.54) is 36.1 Å². The zero-order chi connectivity index (χ0) is 14.2. The van der Waals surface area contributed by atoms with Crippen LogP contribution in [-0.4, -0.2) is 18.0 Å². The average molecular weight is 273 g/mol. The van der Waals surface area contributed by atoms with Crippen molar-refractivity contribution >= 4 is 0 Å². The maximum Gasteiger partial charge on any atom is 0.0351 e. The van der Waals surface area contributed by atoms with E-state index in [1.807, 2.05) is 0 Å². The van der Waals surface area contributed by atoms with Gasteiger partial charge in [-0.15, -0.1) is 6.42 Å². The molecular weight excluding hydrogens is 254 g/mol. The van der Waals surface area contributed by atoms with Crippen molar-refractivity contribution in [2.75, 3.05) is 13.1 Å². The number of hydrogen-bond donors (Lipinski definition) is 0. The van der Waals surface area contributed by atoms with Gasteiger partial charge in [0.05, 0.1) is 0 Å². The summed E-state index contributed by atoms with van der Waals surface area (Å²) in [6.45, 7) is 2.37. The molecule has 2 aromatic carbocycles. The fourth-order valence-corrected chi connectivity index (χ4v) is 3.96. The summed E-state index contributed by atoms with van der Waals surface area (Å²) >= 11 is 0. The van der Waals surface area contributed by atoms with Crippen molar-refractivity contribution < 1.29 is 0 Å². The Labute approximate surface area is 126 Å². The van der Waals surface area contributed by atoms with Crippen LogP contribution in [-0.2, 0) is 0 Å². The van der Waals surface area contributed by atoms with E-state index in [-0.39, 0.29) is 0 Å². The Morgan fingerprint density at radius 2 is 1.76 bits per heavy atom. The van der Waals surface area contributed by atoms with Crippen LogP contribution in [0.3, 0.4) is 0 Å². The number of rotatable bonds is 1. The van der Waals surface area contributed by atoms with Gasteiger partial charge in [0.15, 0.2) is 0 Å². The molecule has 2 aliphatic rings. The van der Waals surface area contributed by atoms with E-state index in [0.717, 1.165) is 12.1 Å². The lowest BCUT2D eigenvalue weighted by Crippen LogP contribution is -2.34. The van der Waals surface area contributed by atoms with Gasteiger partial charge < -0.3 is 0 Å². The monoisotopic (exact) mass is 273 g/mol. The lowest BCUT2D eigenvalue weighted by atomic mass is 9.81. The third kappa shape index (κ3) is 2.07. The molecule has 0 spiro atoms. The first kappa shape index (κ1) is 12.7. The van der Waals surface area contributed by atoms with Crippen molar-refractivity contribution in [3.63, 3.8) is 0 Å². The Morgan fingerprint density at radius 1 is 1.00 bits per heavy atom. The summed E-state index contributed by atoms with van der Waals surface area (Å²) in [5, 5.41) is 0. The third-order valence-electron chi connectivity index (χ3n) is 4.99. The molecule has 0 N–H and O–H groups in total. The smallest absolute Gasteiger partial charge is 0.0351 e. The van der Waals surface area contributed by atoms with Crippen molar-refractivity contribution in [3.05, 3.63) is 70.8 Å². The van der Waals surface area contributed by atoms with Crippen molar-refractivity contribution in [3.8, 4) is 12.3 Å². The molecule has 0 bridgehead atoms. The van der Waals surface area contributed by atoms with Gasteiger partial charge in [-0.3, -0.25) is 4.90 Å². The van der Waals surface area contributed by atoms with E-state index in [1.54, 1.807) is 0 Å². The SMILES string of the molecule is C#Cc1ccc([C@H]2CN3CCC[C@H]3c3ccccc32)cc1. The minimum absolute atomic E-state index is 0.474. The number of fused-ring (bicyclic) bond motifs is 3. The van der Waals surface area contributed by atoms with Crippen LogP contribution in [0, 0.1) is 12.3 Å². The van der Waals surface area contributed by atoms with Crippen molar-refractivity contribution in [2.24, 2.45) is 0 Å². The molecule has 1 saturated heterocycles. The fourth-order valence-electron chi connectivity index (χ4n) is 3.96. The molecule has 21 heavy (non-hydrogen) atoms. The Bertz CT molecular complexity index is 693. The molecule has 2 heterocycles. The molecule has 2 aromatic rings. The van der Waals surface area contributed by atoms with E-state index in [9.17, 15) is 0 Å². The Morgan fingerprint density at radius 3 is 2.52 bits per heavy atom. The van der Waals surface area contributed by atoms with Gasteiger partial charge in [0.1, 0.15) is 0 Å². The van der Waals surface area contributed by atoms with Gasteiger partial charge in [0.25, 0.3) is 0 Å². The van der Waals surface area contributed by atoms with Crippen LogP contribution in [0.4, 0.5) is 0 Å². The zero-order valence-electron chi connectivity index (χ0n) is 12.1. The molecule has 1 heteroatoms. The summed E-state index contributed by atoms with van der Waals surface area (Å²) in [5.74, 6) is 3.18. The summed E-state index contributed by atoms with van der Waals surface area (Å²) in [6.07, 6.45) is 8.09. The van der Waals surface area contributed by atoms with E-state index in [0.29, 0.717) is 12.0 Å². The molecule has 104 valence electrons. The van der Waals surface area contributed by atoms with Crippen LogP contribution in [0.1, 0.15) is 47.1 Å². The first-order chi connectivity index (χ1) is 10.4. The first-order valence-corrected chi connectivity index (χ1v) is 7.76. The highest BCUT2D eigenvalue weighted by molar-refractivity contribution is 5.44. The van der Waals surface area contributed by atoms with Crippen LogP contribution < -0.4 is 0 Å². The third-order valence-corrected chi connectivity index (χ3v) is 4.99. The minimum atomic E-state index is 0.474. The number of hydrogen-bond acceptors (Lipinski definition) is 1. The summed E-state index contributed by atoms with van der Waals surface area (Å²) in [6, 6.07) is 18.2. The van der Waals surface area contributed by atoms with Gasteiger partial charge in [0, 0.05) is 24.1 Å². The normalized spacial score (nSPS) is 24.1. The van der Waals surface area contributed by atoms with Gasteiger partial charge in [0.2, 0.25) is 0 Å². The van der Waals surface area contributed by atoms with Gasteiger partial charge in [-0.05, 0) is 48.2 Å². The Kier molecular flexibility index (Phi) is 3.05. The molecule has 1 nitrogen and oxygen atoms in total. The highest BCUT2D eigenvalue weighted by Gasteiger charge is 2.35. The molecule has 2 aliphatic heterocycles. The molecule has 0 radical (unpaired) electrons. The lowest BCUT2D eigenvalue weighted by Gasteiger charge is -2.37. The van der Waals surface area contributed by atoms with Crippen molar-refractivity contribution in [2.45, 2.75) is 24.8 Å². The molecule has 2 atom stereocenters. The lowest BCUT2D eigenvalue weighted by molar-refractivity contribution is 0.230. The average Bonchev–Trinajstić information content (AvgIpc) is 3.03. The highest BCUT2D eigenvalue weighted by atomic mass is 15.2. The molecule has 1 fully saturated rings. The minimum Gasteiger partial charge on any atom is -0.295 e. The standard InChI is InChI=1S/C20H19N/c1-2-15-9-11-16(12-10-15)19-14-21-13-5-8-20(21)18-7-4-3-6-17(18)19/h1,3-4,6-7,9-12,19-20H,5,8,13-14H2/t19-,20+/m1/s1. The predicted octanol–water partition coefficient (Wildman–Crippen LogP) is 3.95. The van der Waals surface area contributed by atoms with Crippen LogP contribution in [0.5, 0.6) is 0 Å². The maximum atomic E-state index is 5.47. The zero-order valence-corrected chi connectivity index (χ0v) is 12.1.